The predicted octanol–water partition coefficient (Wildman–Crippen LogP) is 3.17. The third-order valence-corrected chi connectivity index (χ3v) is 3.11. The number of aliphatic imine (C=N–C) groups is 1. The topological polar surface area (TPSA) is 58.9 Å². The molecule has 0 saturated heterocycles. The Morgan fingerprint density at radius 2 is 1.80 bits per heavy atom. The summed E-state index contributed by atoms with van der Waals surface area (Å²) >= 11 is 0. The van der Waals surface area contributed by atoms with E-state index >= 15 is 0 Å². The molecule has 0 aliphatic carbocycles. The molecule has 4 nitrogen and oxygen atoms in total. The SMILES string of the molecule is CCCCCCCCCC(=O)CC=NCCOCCO. The highest BCUT2D eigenvalue weighted by molar-refractivity contribution is 5.91. The van der Waals surface area contributed by atoms with E-state index in [9.17, 15) is 4.79 Å². The summed E-state index contributed by atoms with van der Waals surface area (Å²) in [7, 11) is 0. The average Bonchev–Trinajstić information content (AvgIpc) is 2.45. The van der Waals surface area contributed by atoms with Crippen LogP contribution in [0.3, 0.4) is 0 Å². The Hall–Kier alpha value is -0.740. The van der Waals surface area contributed by atoms with Crippen LogP contribution in [0.5, 0.6) is 0 Å². The summed E-state index contributed by atoms with van der Waals surface area (Å²) in [6.07, 6.45) is 11.5. The van der Waals surface area contributed by atoms with E-state index in [0.717, 1.165) is 6.42 Å². The Kier molecular flexibility index (Phi) is 15.7. The van der Waals surface area contributed by atoms with Crippen LogP contribution >= 0.6 is 0 Å². The Bertz CT molecular complexity index is 242. The maximum Gasteiger partial charge on any atom is 0.138 e. The van der Waals surface area contributed by atoms with E-state index in [-0.39, 0.29) is 12.4 Å². The number of carbonyl (C=O) groups is 1. The molecule has 0 aromatic rings. The summed E-state index contributed by atoms with van der Waals surface area (Å²) < 4.78 is 5.06. The van der Waals surface area contributed by atoms with Gasteiger partial charge in [-0.25, -0.2) is 0 Å². The summed E-state index contributed by atoms with van der Waals surface area (Å²) in [6.45, 7) is 3.68. The van der Waals surface area contributed by atoms with E-state index in [1.54, 1.807) is 6.21 Å². The van der Waals surface area contributed by atoms with Gasteiger partial charge in [0.2, 0.25) is 0 Å². The molecular formula is C16H31NO3. The largest absolute Gasteiger partial charge is 0.394 e. The van der Waals surface area contributed by atoms with Gasteiger partial charge in [0.1, 0.15) is 5.78 Å². The third-order valence-electron chi connectivity index (χ3n) is 3.11. The van der Waals surface area contributed by atoms with Crippen LogP contribution in [0.4, 0.5) is 0 Å². The molecule has 0 unspecified atom stereocenters. The molecule has 118 valence electrons. The molecule has 0 rings (SSSR count). The van der Waals surface area contributed by atoms with Crippen molar-refractivity contribution in [3.63, 3.8) is 0 Å². The summed E-state index contributed by atoms with van der Waals surface area (Å²) in [5, 5.41) is 8.50. The Morgan fingerprint density at radius 3 is 2.50 bits per heavy atom. The van der Waals surface area contributed by atoms with E-state index in [1.807, 2.05) is 0 Å². The fourth-order valence-electron chi connectivity index (χ4n) is 1.92. The van der Waals surface area contributed by atoms with Gasteiger partial charge in [0.15, 0.2) is 0 Å². The number of aliphatic hydroxyl groups is 1. The molecule has 20 heavy (non-hydrogen) atoms. The molecule has 0 radical (unpaired) electrons. The molecule has 0 bridgehead atoms. The molecule has 1 N–H and O–H groups in total. The zero-order valence-electron chi connectivity index (χ0n) is 13.0. The number of ether oxygens (including phenoxy) is 1. The van der Waals surface area contributed by atoms with Gasteiger partial charge in [0.05, 0.1) is 26.4 Å². The first-order chi connectivity index (χ1) is 9.81. The van der Waals surface area contributed by atoms with Crippen LogP contribution in [-0.4, -0.2) is 43.5 Å². The van der Waals surface area contributed by atoms with Crippen LogP contribution < -0.4 is 0 Å². The Morgan fingerprint density at radius 1 is 1.10 bits per heavy atom. The first kappa shape index (κ1) is 19.3. The van der Waals surface area contributed by atoms with Gasteiger partial charge in [-0.1, -0.05) is 45.4 Å². The van der Waals surface area contributed by atoms with Gasteiger partial charge in [-0.2, -0.15) is 0 Å². The van der Waals surface area contributed by atoms with Gasteiger partial charge in [0.25, 0.3) is 0 Å². The summed E-state index contributed by atoms with van der Waals surface area (Å²) in [5.74, 6) is 0.276. The van der Waals surface area contributed by atoms with Crippen LogP contribution in [-0.2, 0) is 9.53 Å². The Labute approximate surface area is 123 Å². The first-order valence-corrected chi connectivity index (χ1v) is 7.99. The van der Waals surface area contributed by atoms with E-state index in [0.29, 0.717) is 32.6 Å². The van der Waals surface area contributed by atoms with Crippen molar-refractivity contribution >= 4 is 12.0 Å². The molecule has 0 aliphatic rings. The Balaban J connectivity index is 3.25. The average molecular weight is 285 g/mol. The zero-order valence-corrected chi connectivity index (χ0v) is 13.0. The molecule has 0 aromatic carbocycles. The number of rotatable bonds is 15. The van der Waals surface area contributed by atoms with Gasteiger partial charge in [-0.05, 0) is 6.42 Å². The quantitative estimate of drug-likeness (QED) is 0.371. The van der Waals surface area contributed by atoms with Gasteiger partial charge in [-0.3, -0.25) is 9.79 Å². The second kappa shape index (κ2) is 16.3. The van der Waals surface area contributed by atoms with Crippen molar-refractivity contribution in [1.29, 1.82) is 0 Å². The summed E-state index contributed by atoms with van der Waals surface area (Å²) in [6, 6.07) is 0. The fraction of sp³-hybridized carbons (Fsp3) is 0.875. The molecule has 0 amide bonds. The molecule has 0 heterocycles. The zero-order chi connectivity index (χ0) is 14.9. The summed E-state index contributed by atoms with van der Waals surface area (Å²) in [4.78, 5) is 15.7. The van der Waals surface area contributed by atoms with Crippen molar-refractivity contribution in [3.8, 4) is 0 Å². The monoisotopic (exact) mass is 285 g/mol. The number of Topliss-reactive ketones (excluding diaryl/α,β-unsaturated/α-hetero) is 1. The minimum atomic E-state index is 0.0423. The first-order valence-electron chi connectivity index (χ1n) is 7.99. The second-order valence-corrected chi connectivity index (χ2v) is 5.04. The highest BCUT2D eigenvalue weighted by atomic mass is 16.5. The predicted molar refractivity (Wildman–Crippen MR) is 83.5 cm³/mol. The van der Waals surface area contributed by atoms with E-state index < -0.39 is 0 Å². The standard InChI is InChI=1S/C16H31NO3/c1-2-3-4-5-6-7-8-9-16(19)10-11-17-12-14-20-15-13-18/h11,18H,2-10,12-15H2,1H3. The smallest absolute Gasteiger partial charge is 0.138 e. The van der Waals surface area contributed by atoms with Crippen LogP contribution in [0.2, 0.25) is 0 Å². The number of hydrogen-bond donors (Lipinski definition) is 1. The number of aliphatic hydroxyl groups excluding tert-OH is 1. The van der Waals surface area contributed by atoms with Crippen molar-refractivity contribution in [2.75, 3.05) is 26.4 Å². The van der Waals surface area contributed by atoms with E-state index in [1.165, 1.54) is 38.5 Å². The van der Waals surface area contributed by atoms with Crippen LogP contribution in [0.25, 0.3) is 0 Å². The maximum atomic E-state index is 11.6. The number of carbonyl (C=O) groups excluding carboxylic acids is 1. The number of ketones is 1. The minimum Gasteiger partial charge on any atom is -0.394 e. The summed E-state index contributed by atoms with van der Waals surface area (Å²) in [5.41, 5.74) is 0. The normalized spacial score (nSPS) is 11.3. The molecule has 0 atom stereocenters. The van der Waals surface area contributed by atoms with Crippen molar-refractivity contribution in [2.45, 2.75) is 64.7 Å². The van der Waals surface area contributed by atoms with Gasteiger partial charge in [0, 0.05) is 19.1 Å². The molecule has 0 spiro atoms. The molecule has 0 saturated carbocycles. The van der Waals surface area contributed by atoms with Crippen molar-refractivity contribution in [3.05, 3.63) is 0 Å². The lowest BCUT2D eigenvalue weighted by Crippen LogP contribution is -2.04. The third kappa shape index (κ3) is 15.3. The van der Waals surface area contributed by atoms with Gasteiger partial charge >= 0.3 is 0 Å². The maximum absolute atomic E-state index is 11.6. The van der Waals surface area contributed by atoms with Gasteiger partial charge < -0.3 is 9.84 Å². The lowest BCUT2D eigenvalue weighted by molar-refractivity contribution is -0.117. The highest BCUT2D eigenvalue weighted by Gasteiger charge is 1.99. The number of nitrogens with zero attached hydrogens (tertiary/aromatic N) is 1. The molecule has 4 heteroatoms. The highest BCUT2D eigenvalue weighted by Crippen LogP contribution is 2.08. The van der Waals surface area contributed by atoms with E-state index in [2.05, 4.69) is 11.9 Å². The lowest BCUT2D eigenvalue weighted by atomic mass is 10.1. The molecule has 0 aromatic heterocycles. The van der Waals surface area contributed by atoms with Crippen molar-refractivity contribution in [1.82, 2.24) is 0 Å². The van der Waals surface area contributed by atoms with E-state index in [4.69, 9.17) is 9.84 Å². The van der Waals surface area contributed by atoms with Crippen LogP contribution in [0.15, 0.2) is 4.99 Å². The second-order valence-electron chi connectivity index (χ2n) is 5.04. The van der Waals surface area contributed by atoms with Crippen LogP contribution in [0.1, 0.15) is 64.7 Å². The fourth-order valence-corrected chi connectivity index (χ4v) is 1.92. The molecule has 0 aliphatic heterocycles. The van der Waals surface area contributed by atoms with Crippen LogP contribution in [0, 0.1) is 0 Å². The lowest BCUT2D eigenvalue weighted by Gasteiger charge is -2.00. The number of unbranched alkanes of at least 4 members (excludes halogenated alkanes) is 6. The molecule has 0 fully saturated rings. The minimum absolute atomic E-state index is 0.0423. The number of hydrogen-bond acceptors (Lipinski definition) is 4. The van der Waals surface area contributed by atoms with Gasteiger partial charge in [-0.15, -0.1) is 0 Å². The molecular weight excluding hydrogens is 254 g/mol. The van der Waals surface area contributed by atoms with Crippen molar-refractivity contribution < 1.29 is 14.6 Å². The van der Waals surface area contributed by atoms with Crippen molar-refractivity contribution in [2.24, 2.45) is 4.99 Å².